The molecule has 9 heteroatoms. The van der Waals surface area contributed by atoms with Crippen molar-refractivity contribution in [1.29, 1.82) is 0 Å². The summed E-state index contributed by atoms with van der Waals surface area (Å²) < 4.78 is 12.9. The minimum atomic E-state index is -1.26. The molecular formula is C19H15FN4O3S. The van der Waals surface area contributed by atoms with Gasteiger partial charge >= 0.3 is 0 Å². The zero-order valence-corrected chi connectivity index (χ0v) is 15.5. The smallest absolute Gasteiger partial charge is 0.271 e. The zero-order valence-electron chi connectivity index (χ0n) is 14.7. The predicted molar refractivity (Wildman–Crippen MR) is 105 cm³/mol. The maximum absolute atomic E-state index is 12.9. The number of aryl methyl sites for hydroxylation is 1. The standard InChI is InChI=1S/C19H15FN4O3S/c1-11-2-8-14(9-3-11)24-18(27)15(17(26)22-19(24)28)10-21-23-16(25)12-4-6-13(20)7-5-12/h2-10,15H,1H3,(H,23,25)(H,22,26,28)/b21-10+/t15-/m1/s1. The largest absolute Gasteiger partial charge is 0.301 e. The summed E-state index contributed by atoms with van der Waals surface area (Å²) in [6.45, 7) is 1.90. The number of carbonyl (C=O) groups excluding carboxylic acids is 3. The molecule has 2 N–H and O–H groups in total. The summed E-state index contributed by atoms with van der Waals surface area (Å²) in [6.07, 6.45) is 1.03. The molecule has 0 aliphatic carbocycles. The Bertz CT molecular complexity index is 974. The molecule has 0 spiro atoms. The minimum absolute atomic E-state index is 0.0288. The van der Waals surface area contributed by atoms with Crippen LogP contribution >= 0.6 is 12.2 Å². The van der Waals surface area contributed by atoms with Crippen LogP contribution in [0.5, 0.6) is 0 Å². The average molecular weight is 398 g/mol. The van der Waals surface area contributed by atoms with Crippen molar-refractivity contribution >= 4 is 47.0 Å². The van der Waals surface area contributed by atoms with Crippen LogP contribution in [-0.2, 0) is 9.59 Å². The van der Waals surface area contributed by atoms with Gasteiger partial charge in [-0.25, -0.2) is 9.82 Å². The zero-order chi connectivity index (χ0) is 20.3. The maximum atomic E-state index is 12.9. The third-order valence-electron chi connectivity index (χ3n) is 3.99. The van der Waals surface area contributed by atoms with Crippen LogP contribution in [0.2, 0.25) is 0 Å². The van der Waals surface area contributed by atoms with Gasteiger partial charge in [-0.1, -0.05) is 17.7 Å². The molecule has 1 heterocycles. The van der Waals surface area contributed by atoms with E-state index >= 15 is 0 Å². The summed E-state index contributed by atoms with van der Waals surface area (Å²) in [5.74, 6) is -3.57. The van der Waals surface area contributed by atoms with Crippen molar-refractivity contribution in [1.82, 2.24) is 10.7 Å². The summed E-state index contributed by atoms with van der Waals surface area (Å²) in [6, 6.07) is 11.9. The van der Waals surface area contributed by atoms with Gasteiger partial charge in [-0.2, -0.15) is 5.10 Å². The number of halogens is 1. The molecule has 1 fully saturated rings. The van der Waals surface area contributed by atoms with E-state index in [1.807, 2.05) is 19.1 Å². The second-order valence-electron chi connectivity index (χ2n) is 6.01. The molecule has 0 radical (unpaired) electrons. The van der Waals surface area contributed by atoms with E-state index in [1.54, 1.807) is 12.1 Å². The van der Waals surface area contributed by atoms with Gasteiger partial charge in [0, 0.05) is 11.8 Å². The number of nitrogens with zero attached hydrogens (tertiary/aromatic N) is 2. The van der Waals surface area contributed by atoms with Crippen molar-refractivity contribution in [2.75, 3.05) is 4.90 Å². The highest BCUT2D eigenvalue weighted by Gasteiger charge is 2.38. The molecule has 0 unspecified atom stereocenters. The van der Waals surface area contributed by atoms with E-state index in [4.69, 9.17) is 12.2 Å². The highest BCUT2D eigenvalue weighted by molar-refractivity contribution is 7.80. The lowest BCUT2D eigenvalue weighted by molar-refractivity contribution is -0.130. The molecule has 1 saturated heterocycles. The highest BCUT2D eigenvalue weighted by atomic mass is 32.1. The van der Waals surface area contributed by atoms with Crippen LogP contribution in [0.1, 0.15) is 15.9 Å². The van der Waals surface area contributed by atoms with Crippen LogP contribution in [0.15, 0.2) is 53.6 Å². The van der Waals surface area contributed by atoms with Gasteiger partial charge in [-0.15, -0.1) is 0 Å². The molecule has 0 saturated carbocycles. The van der Waals surface area contributed by atoms with Gasteiger partial charge in [0.25, 0.3) is 11.8 Å². The lowest BCUT2D eigenvalue weighted by Crippen LogP contribution is -2.58. The SMILES string of the molecule is Cc1ccc(N2C(=O)[C@H](/C=N/NC(=O)c3ccc(F)cc3)C(=O)NC2=S)cc1. The van der Waals surface area contributed by atoms with E-state index in [-0.39, 0.29) is 10.7 Å². The van der Waals surface area contributed by atoms with E-state index in [0.29, 0.717) is 5.69 Å². The summed E-state index contributed by atoms with van der Waals surface area (Å²) in [4.78, 5) is 38.1. The Kier molecular flexibility index (Phi) is 5.55. The number of carbonyl (C=O) groups is 3. The van der Waals surface area contributed by atoms with Gasteiger partial charge in [0.1, 0.15) is 5.82 Å². The first-order chi connectivity index (χ1) is 13.4. The highest BCUT2D eigenvalue weighted by Crippen LogP contribution is 2.20. The molecule has 1 aliphatic heterocycles. The summed E-state index contributed by atoms with van der Waals surface area (Å²) in [5.41, 5.74) is 3.90. The van der Waals surface area contributed by atoms with Crippen LogP contribution < -0.4 is 15.6 Å². The number of hydrazone groups is 1. The van der Waals surface area contributed by atoms with Crippen molar-refractivity contribution in [3.63, 3.8) is 0 Å². The van der Waals surface area contributed by atoms with Crippen LogP contribution in [0, 0.1) is 18.7 Å². The van der Waals surface area contributed by atoms with Gasteiger partial charge in [0.05, 0.1) is 5.69 Å². The summed E-state index contributed by atoms with van der Waals surface area (Å²) >= 11 is 5.11. The molecule has 3 rings (SSSR count). The van der Waals surface area contributed by atoms with Gasteiger partial charge in [-0.3, -0.25) is 19.3 Å². The Hall–Kier alpha value is -3.46. The van der Waals surface area contributed by atoms with E-state index in [0.717, 1.165) is 23.9 Å². The molecule has 7 nitrogen and oxygen atoms in total. The van der Waals surface area contributed by atoms with E-state index in [1.165, 1.54) is 17.0 Å². The Labute approximate surface area is 165 Å². The molecule has 1 aliphatic rings. The lowest BCUT2D eigenvalue weighted by Gasteiger charge is -2.30. The maximum Gasteiger partial charge on any atom is 0.271 e. The third-order valence-corrected chi connectivity index (χ3v) is 4.28. The molecule has 1 atom stereocenters. The number of nitrogens with one attached hydrogen (secondary N) is 2. The van der Waals surface area contributed by atoms with Gasteiger partial charge < -0.3 is 5.32 Å². The monoisotopic (exact) mass is 398 g/mol. The number of hydrogen-bond donors (Lipinski definition) is 2. The molecule has 3 amide bonds. The quantitative estimate of drug-likeness (QED) is 0.356. The second kappa shape index (κ2) is 8.05. The van der Waals surface area contributed by atoms with Crippen molar-refractivity contribution in [2.45, 2.75) is 6.92 Å². The Morgan fingerprint density at radius 2 is 1.82 bits per heavy atom. The van der Waals surface area contributed by atoms with Crippen molar-refractivity contribution < 1.29 is 18.8 Å². The minimum Gasteiger partial charge on any atom is -0.301 e. The lowest BCUT2D eigenvalue weighted by atomic mass is 10.1. The number of benzene rings is 2. The molecule has 2 aromatic carbocycles. The first-order valence-corrected chi connectivity index (χ1v) is 8.62. The molecule has 2 aromatic rings. The third kappa shape index (κ3) is 4.09. The van der Waals surface area contributed by atoms with Crippen LogP contribution in [0.4, 0.5) is 10.1 Å². The summed E-state index contributed by atoms with van der Waals surface area (Å²) in [7, 11) is 0. The fourth-order valence-corrected chi connectivity index (χ4v) is 2.79. The molecule has 142 valence electrons. The van der Waals surface area contributed by atoms with Crippen molar-refractivity contribution in [2.24, 2.45) is 11.0 Å². The topological polar surface area (TPSA) is 90.9 Å². The Morgan fingerprint density at radius 3 is 2.46 bits per heavy atom. The van der Waals surface area contributed by atoms with Gasteiger partial charge in [0.2, 0.25) is 5.91 Å². The van der Waals surface area contributed by atoms with E-state index in [9.17, 15) is 18.8 Å². The van der Waals surface area contributed by atoms with E-state index < -0.39 is 29.5 Å². The first kappa shape index (κ1) is 19.3. The Balaban J connectivity index is 1.74. The van der Waals surface area contributed by atoms with Crippen LogP contribution in [0.3, 0.4) is 0 Å². The van der Waals surface area contributed by atoms with E-state index in [2.05, 4.69) is 15.8 Å². The van der Waals surface area contributed by atoms with Crippen molar-refractivity contribution in [3.05, 3.63) is 65.5 Å². The second-order valence-corrected chi connectivity index (χ2v) is 6.39. The fourth-order valence-electron chi connectivity index (χ4n) is 2.50. The molecule has 28 heavy (non-hydrogen) atoms. The molecule has 0 bridgehead atoms. The number of amides is 3. The van der Waals surface area contributed by atoms with Crippen LogP contribution in [-0.4, -0.2) is 29.0 Å². The number of anilines is 1. The van der Waals surface area contributed by atoms with Crippen LogP contribution in [0.25, 0.3) is 0 Å². The summed E-state index contributed by atoms with van der Waals surface area (Å²) in [5, 5.41) is 6.11. The molecular weight excluding hydrogens is 383 g/mol. The predicted octanol–water partition coefficient (Wildman–Crippen LogP) is 1.91. The Morgan fingerprint density at radius 1 is 1.18 bits per heavy atom. The average Bonchev–Trinajstić information content (AvgIpc) is 2.66. The van der Waals surface area contributed by atoms with Crippen molar-refractivity contribution in [3.8, 4) is 0 Å². The number of thiocarbonyl (C=S) groups is 1. The number of hydrogen-bond acceptors (Lipinski definition) is 5. The fraction of sp³-hybridized carbons (Fsp3) is 0.105. The van der Waals surface area contributed by atoms with Gasteiger partial charge in [-0.05, 0) is 55.5 Å². The number of rotatable bonds is 4. The first-order valence-electron chi connectivity index (χ1n) is 8.21. The molecule has 0 aromatic heterocycles. The normalized spacial score (nSPS) is 17.0. The van der Waals surface area contributed by atoms with Gasteiger partial charge in [0.15, 0.2) is 11.0 Å².